The predicted octanol–water partition coefficient (Wildman–Crippen LogP) is 4.30. The van der Waals surface area contributed by atoms with Crippen molar-refractivity contribution in [1.82, 2.24) is 9.78 Å². The van der Waals surface area contributed by atoms with Gasteiger partial charge < -0.3 is 10.6 Å². The van der Waals surface area contributed by atoms with Crippen LogP contribution < -0.4 is 16.1 Å². The fourth-order valence-corrected chi connectivity index (χ4v) is 3.40. The van der Waals surface area contributed by atoms with Gasteiger partial charge in [-0.1, -0.05) is 54.1 Å². The quantitative estimate of drug-likeness (QED) is 0.489. The van der Waals surface area contributed by atoms with Crippen LogP contribution in [0, 0.1) is 0 Å². The van der Waals surface area contributed by atoms with Crippen LogP contribution in [0.3, 0.4) is 0 Å². The van der Waals surface area contributed by atoms with Crippen molar-refractivity contribution in [3.63, 3.8) is 0 Å². The van der Waals surface area contributed by atoms with Crippen LogP contribution in [0.4, 0.5) is 11.4 Å². The smallest absolute Gasteiger partial charge is 0.246 e. The Hall–Kier alpha value is -3.64. The molecule has 0 spiro atoms. The molecule has 2 N–H and O–H groups in total. The molecular weight excluding hydrogens is 400 g/mol. The Balaban J connectivity index is 1.43. The molecule has 1 heterocycles. The molecule has 0 bridgehead atoms. The number of anilines is 2. The number of carbonyl (C=O) groups excluding carboxylic acids is 1. The van der Waals surface area contributed by atoms with Crippen molar-refractivity contribution in [3.8, 4) is 0 Å². The van der Waals surface area contributed by atoms with Gasteiger partial charge in [-0.3, -0.25) is 14.3 Å². The van der Waals surface area contributed by atoms with E-state index in [0.29, 0.717) is 28.2 Å². The lowest BCUT2D eigenvalue weighted by Gasteiger charge is -2.12. The van der Waals surface area contributed by atoms with Gasteiger partial charge in [0.1, 0.15) is 6.54 Å². The van der Waals surface area contributed by atoms with Gasteiger partial charge in [0.05, 0.1) is 22.4 Å². The van der Waals surface area contributed by atoms with Gasteiger partial charge in [0, 0.05) is 17.6 Å². The molecule has 0 saturated carbocycles. The van der Waals surface area contributed by atoms with Crippen LogP contribution in [-0.2, 0) is 17.9 Å². The summed E-state index contributed by atoms with van der Waals surface area (Å²) in [7, 11) is 0. The molecule has 150 valence electrons. The highest BCUT2D eigenvalue weighted by Gasteiger charge is 2.10. The van der Waals surface area contributed by atoms with Gasteiger partial charge >= 0.3 is 0 Å². The summed E-state index contributed by atoms with van der Waals surface area (Å²) < 4.78 is 1.50. The number of fused-ring (bicyclic) bond motifs is 1. The SMILES string of the molecule is O=C(Cn1ncc(=O)c2ccccc21)Nc1ccc(NCc2ccccc2)c(Cl)c1. The van der Waals surface area contributed by atoms with Gasteiger partial charge in [-0.25, -0.2) is 0 Å². The van der Waals surface area contributed by atoms with Crippen molar-refractivity contribution >= 4 is 39.8 Å². The molecule has 30 heavy (non-hydrogen) atoms. The van der Waals surface area contributed by atoms with Gasteiger partial charge in [0.2, 0.25) is 11.3 Å². The third-order valence-corrected chi connectivity index (χ3v) is 4.95. The summed E-state index contributed by atoms with van der Waals surface area (Å²) in [5.41, 5.74) is 2.95. The maximum atomic E-state index is 12.5. The number of nitrogens with one attached hydrogen (secondary N) is 2. The zero-order chi connectivity index (χ0) is 20.9. The minimum Gasteiger partial charge on any atom is -0.380 e. The third kappa shape index (κ3) is 4.50. The van der Waals surface area contributed by atoms with Crippen LogP contribution in [0.25, 0.3) is 10.9 Å². The van der Waals surface area contributed by atoms with E-state index in [1.807, 2.05) is 36.4 Å². The standard InChI is InChI=1S/C23H19ClN4O2/c24-19-12-17(10-11-20(19)25-13-16-6-2-1-3-7-16)27-23(30)15-28-21-9-5-4-8-18(21)22(29)14-26-28/h1-12,14,25H,13,15H2,(H,27,30). The molecule has 0 radical (unpaired) electrons. The van der Waals surface area contributed by atoms with E-state index < -0.39 is 0 Å². The Bertz CT molecular complexity index is 1260. The van der Waals surface area contributed by atoms with Crippen LogP contribution in [0.15, 0.2) is 83.8 Å². The van der Waals surface area contributed by atoms with Crippen LogP contribution in [0.2, 0.25) is 5.02 Å². The molecule has 6 nitrogen and oxygen atoms in total. The Kier molecular flexibility index (Phi) is 5.77. The highest BCUT2D eigenvalue weighted by Crippen LogP contribution is 2.26. The molecule has 4 rings (SSSR count). The van der Waals surface area contributed by atoms with Gasteiger partial charge in [0.25, 0.3) is 0 Å². The number of hydrogen-bond acceptors (Lipinski definition) is 4. The third-order valence-electron chi connectivity index (χ3n) is 4.63. The van der Waals surface area contributed by atoms with Crippen molar-refractivity contribution < 1.29 is 4.79 Å². The Morgan fingerprint density at radius 3 is 2.57 bits per heavy atom. The fourth-order valence-electron chi connectivity index (χ4n) is 3.15. The van der Waals surface area contributed by atoms with Crippen molar-refractivity contribution in [3.05, 3.63) is 99.8 Å². The topological polar surface area (TPSA) is 76.0 Å². The van der Waals surface area contributed by atoms with Gasteiger partial charge in [0.15, 0.2) is 0 Å². The second kappa shape index (κ2) is 8.80. The first-order chi connectivity index (χ1) is 14.6. The largest absolute Gasteiger partial charge is 0.380 e. The molecule has 4 aromatic rings. The minimum atomic E-state index is -0.266. The maximum absolute atomic E-state index is 12.5. The minimum absolute atomic E-state index is 0.0214. The summed E-state index contributed by atoms with van der Waals surface area (Å²) >= 11 is 6.37. The Labute approximate surface area is 178 Å². The summed E-state index contributed by atoms with van der Waals surface area (Å²) in [6, 6.07) is 22.4. The number of hydrogen-bond donors (Lipinski definition) is 2. The second-order valence-corrected chi connectivity index (χ2v) is 7.17. The summed E-state index contributed by atoms with van der Waals surface area (Å²) in [6.07, 6.45) is 1.22. The summed E-state index contributed by atoms with van der Waals surface area (Å²) in [5, 5.41) is 11.2. The number of amides is 1. The molecule has 0 aliphatic carbocycles. The molecule has 1 aromatic heterocycles. The number of nitrogens with zero attached hydrogens (tertiary/aromatic N) is 2. The molecule has 0 fully saturated rings. The fraction of sp³-hybridized carbons (Fsp3) is 0.0870. The molecule has 0 aliphatic rings. The number of rotatable bonds is 6. The zero-order valence-electron chi connectivity index (χ0n) is 16.0. The first-order valence-electron chi connectivity index (χ1n) is 9.42. The lowest BCUT2D eigenvalue weighted by atomic mass is 10.2. The zero-order valence-corrected chi connectivity index (χ0v) is 16.8. The van der Waals surface area contributed by atoms with E-state index in [9.17, 15) is 9.59 Å². The molecule has 1 amide bonds. The van der Waals surface area contributed by atoms with E-state index in [-0.39, 0.29) is 17.9 Å². The lowest BCUT2D eigenvalue weighted by molar-refractivity contribution is -0.116. The molecule has 7 heteroatoms. The van der Waals surface area contributed by atoms with E-state index in [1.165, 1.54) is 10.9 Å². The second-order valence-electron chi connectivity index (χ2n) is 6.77. The first-order valence-corrected chi connectivity index (χ1v) is 9.80. The van der Waals surface area contributed by atoms with Gasteiger partial charge in [-0.15, -0.1) is 0 Å². The van der Waals surface area contributed by atoms with Crippen molar-refractivity contribution in [2.24, 2.45) is 0 Å². The Morgan fingerprint density at radius 1 is 1.00 bits per heavy atom. The number of para-hydroxylation sites is 1. The lowest BCUT2D eigenvalue weighted by Crippen LogP contribution is -2.22. The van der Waals surface area contributed by atoms with Crippen LogP contribution in [0.5, 0.6) is 0 Å². The molecule has 0 saturated heterocycles. The highest BCUT2D eigenvalue weighted by molar-refractivity contribution is 6.33. The molecule has 0 atom stereocenters. The molecule has 0 aliphatic heterocycles. The average molecular weight is 419 g/mol. The first kappa shape index (κ1) is 19.7. The van der Waals surface area contributed by atoms with Gasteiger partial charge in [-0.05, 0) is 35.9 Å². The van der Waals surface area contributed by atoms with Crippen LogP contribution in [-0.4, -0.2) is 15.7 Å². The van der Waals surface area contributed by atoms with Gasteiger partial charge in [-0.2, -0.15) is 5.10 Å². The number of halogens is 1. The monoisotopic (exact) mass is 418 g/mol. The normalized spacial score (nSPS) is 10.7. The Morgan fingerprint density at radius 2 is 1.77 bits per heavy atom. The van der Waals surface area contributed by atoms with Crippen molar-refractivity contribution in [2.45, 2.75) is 13.1 Å². The molecule has 0 unspecified atom stereocenters. The highest BCUT2D eigenvalue weighted by atomic mass is 35.5. The van der Waals surface area contributed by atoms with Crippen LogP contribution >= 0.6 is 11.6 Å². The van der Waals surface area contributed by atoms with E-state index >= 15 is 0 Å². The van der Waals surface area contributed by atoms with E-state index in [1.54, 1.807) is 36.4 Å². The van der Waals surface area contributed by atoms with E-state index in [4.69, 9.17) is 11.6 Å². The number of carbonyl (C=O) groups is 1. The number of aromatic nitrogens is 2. The summed E-state index contributed by atoms with van der Waals surface area (Å²) in [4.78, 5) is 24.4. The molecule has 3 aromatic carbocycles. The van der Waals surface area contributed by atoms with Crippen molar-refractivity contribution in [1.29, 1.82) is 0 Å². The van der Waals surface area contributed by atoms with Crippen LogP contribution in [0.1, 0.15) is 5.56 Å². The van der Waals surface area contributed by atoms with E-state index in [0.717, 1.165) is 11.3 Å². The molecular formula is C23H19ClN4O2. The average Bonchev–Trinajstić information content (AvgIpc) is 2.76. The summed E-state index contributed by atoms with van der Waals surface area (Å²) in [6.45, 7) is 0.629. The predicted molar refractivity (Wildman–Crippen MR) is 120 cm³/mol. The number of benzene rings is 3. The van der Waals surface area contributed by atoms with E-state index in [2.05, 4.69) is 15.7 Å². The summed E-state index contributed by atoms with van der Waals surface area (Å²) in [5.74, 6) is -0.266. The van der Waals surface area contributed by atoms with Crippen molar-refractivity contribution in [2.75, 3.05) is 10.6 Å². The maximum Gasteiger partial charge on any atom is 0.246 e.